The maximum atomic E-state index is 11.3. The summed E-state index contributed by atoms with van der Waals surface area (Å²) in [6.45, 7) is 4.29. The number of carbonyl (C=O) groups is 1. The minimum Gasteiger partial charge on any atom is -0.491 e. The fraction of sp³-hybridized carbons (Fsp3) is 0.296. The van der Waals surface area contributed by atoms with Gasteiger partial charge in [0.25, 0.3) is 0 Å². The van der Waals surface area contributed by atoms with Gasteiger partial charge >= 0.3 is 5.97 Å². The van der Waals surface area contributed by atoms with Crippen molar-refractivity contribution in [2.45, 2.75) is 25.5 Å². The summed E-state index contributed by atoms with van der Waals surface area (Å²) in [5.41, 5.74) is 0. The molecule has 0 radical (unpaired) electrons. The minimum absolute atomic E-state index is 0.147. The van der Waals surface area contributed by atoms with E-state index >= 15 is 0 Å². The standard InChI is InChI=1S/C27H30IO5S/c1-22(28)27(29)33-21-19-31-17-16-30-18-20-32-23-12-14-26(15-13-23)34(24-8-4-2-5-9-24)25-10-6-3-7-11-25/h2-15,22H,16-21H2,1H3/q+1. The van der Waals surface area contributed by atoms with E-state index in [0.29, 0.717) is 33.0 Å². The molecule has 0 heterocycles. The molecule has 1 unspecified atom stereocenters. The molecule has 0 N–H and O–H groups in total. The Morgan fingerprint density at radius 3 is 1.71 bits per heavy atom. The van der Waals surface area contributed by atoms with E-state index in [1.54, 1.807) is 6.92 Å². The second kappa shape index (κ2) is 15.0. The summed E-state index contributed by atoms with van der Waals surface area (Å²) in [7, 11) is -0.164. The highest BCUT2D eigenvalue weighted by Gasteiger charge is 2.28. The summed E-state index contributed by atoms with van der Waals surface area (Å²) < 4.78 is 21.7. The van der Waals surface area contributed by atoms with Crippen molar-refractivity contribution in [3.8, 4) is 5.75 Å². The van der Waals surface area contributed by atoms with Gasteiger partial charge < -0.3 is 18.9 Å². The van der Waals surface area contributed by atoms with Crippen LogP contribution in [0.1, 0.15) is 6.92 Å². The normalized spacial score (nSPS) is 11.9. The van der Waals surface area contributed by atoms with Gasteiger partial charge in [-0.1, -0.05) is 59.0 Å². The summed E-state index contributed by atoms with van der Waals surface area (Å²) in [6, 6.07) is 29.5. The molecule has 0 aromatic heterocycles. The number of rotatable bonds is 14. The SMILES string of the molecule is CC(I)C(=O)OCCOCCOCCOc1ccc([S+](c2ccccc2)c2ccccc2)cc1. The van der Waals surface area contributed by atoms with E-state index in [4.69, 9.17) is 18.9 Å². The van der Waals surface area contributed by atoms with E-state index in [1.165, 1.54) is 14.7 Å². The molecule has 5 nitrogen and oxygen atoms in total. The Labute approximate surface area is 218 Å². The number of benzene rings is 3. The molecular weight excluding hydrogens is 563 g/mol. The second-order valence-electron chi connectivity index (χ2n) is 7.26. The Morgan fingerprint density at radius 1 is 0.706 bits per heavy atom. The predicted octanol–water partition coefficient (Wildman–Crippen LogP) is 5.56. The molecular formula is C27H30IO5S+. The molecule has 1 atom stereocenters. The van der Waals surface area contributed by atoms with Crippen molar-refractivity contribution in [2.75, 3.05) is 39.6 Å². The molecule has 3 aromatic carbocycles. The molecule has 0 saturated carbocycles. The third-order valence-electron chi connectivity index (χ3n) is 4.68. The number of ether oxygens (including phenoxy) is 4. The average molecular weight is 594 g/mol. The molecule has 0 aliphatic heterocycles. The van der Waals surface area contributed by atoms with Crippen LogP contribution in [0.3, 0.4) is 0 Å². The summed E-state index contributed by atoms with van der Waals surface area (Å²) in [6.07, 6.45) is 0. The fourth-order valence-electron chi connectivity index (χ4n) is 3.05. The Hall–Kier alpha value is -2.07. The van der Waals surface area contributed by atoms with E-state index in [1.807, 2.05) is 46.9 Å². The van der Waals surface area contributed by atoms with Gasteiger partial charge in [0, 0.05) is 0 Å². The van der Waals surface area contributed by atoms with Gasteiger partial charge in [-0.05, 0) is 55.5 Å². The lowest BCUT2D eigenvalue weighted by Crippen LogP contribution is -2.18. The first-order valence-electron chi connectivity index (χ1n) is 11.2. The first-order chi connectivity index (χ1) is 16.6. The summed E-state index contributed by atoms with van der Waals surface area (Å²) in [5.74, 6) is 0.598. The Bertz CT molecular complexity index is 928. The van der Waals surface area contributed by atoms with Gasteiger partial charge in [-0.15, -0.1) is 0 Å². The van der Waals surface area contributed by atoms with Gasteiger partial charge in [-0.2, -0.15) is 0 Å². The molecule has 0 spiro atoms. The van der Waals surface area contributed by atoms with Crippen molar-refractivity contribution < 1.29 is 23.7 Å². The van der Waals surface area contributed by atoms with Gasteiger partial charge in [0.2, 0.25) is 0 Å². The zero-order chi connectivity index (χ0) is 24.0. The van der Waals surface area contributed by atoms with Gasteiger partial charge in [0.05, 0.1) is 37.3 Å². The van der Waals surface area contributed by atoms with Crippen LogP contribution in [0.5, 0.6) is 5.75 Å². The van der Waals surface area contributed by atoms with Crippen LogP contribution in [0.4, 0.5) is 0 Å². The number of hydrogen-bond acceptors (Lipinski definition) is 5. The van der Waals surface area contributed by atoms with Crippen molar-refractivity contribution in [3.05, 3.63) is 84.9 Å². The predicted molar refractivity (Wildman–Crippen MR) is 143 cm³/mol. The van der Waals surface area contributed by atoms with Gasteiger partial charge in [-0.3, -0.25) is 4.79 Å². The molecule has 0 aliphatic carbocycles. The average Bonchev–Trinajstić information content (AvgIpc) is 2.87. The Kier molecular flexibility index (Phi) is 11.7. The topological polar surface area (TPSA) is 54.0 Å². The number of hydrogen-bond donors (Lipinski definition) is 0. The zero-order valence-electron chi connectivity index (χ0n) is 19.2. The molecule has 7 heteroatoms. The van der Waals surface area contributed by atoms with E-state index < -0.39 is 0 Å². The first kappa shape index (κ1) is 26.5. The van der Waals surface area contributed by atoms with Crippen molar-refractivity contribution in [2.24, 2.45) is 0 Å². The highest BCUT2D eigenvalue weighted by Crippen LogP contribution is 2.31. The van der Waals surface area contributed by atoms with Crippen LogP contribution in [-0.4, -0.2) is 49.5 Å². The lowest BCUT2D eigenvalue weighted by atomic mass is 10.3. The molecule has 0 fully saturated rings. The highest BCUT2D eigenvalue weighted by molar-refractivity contribution is 14.1. The molecule has 0 saturated heterocycles. The smallest absolute Gasteiger partial charge is 0.318 e. The third kappa shape index (κ3) is 8.94. The molecule has 3 aromatic rings. The van der Waals surface area contributed by atoms with Crippen LogP contribution in [0.15, 0.2) is 99.6 Å². The monoisotopic (exact) mass is 593 g/mol. The number of alkyl halides is 1. The molecule has 3 rings (SSSR count). The number of esters is 1. The lowest BCUT2D eigenvalue weighted by Gasteiger charge is -2.10. The summed E-state index contributed by atoms with van der Waals surface area (Å²) >= 11 is 2.02. The summed E-state index contributed by atoms with van der Waals surface area (Å²) in [4.78, 5) is 15.1. The number of carbonyl (C=O) groups excluding carboxylic acids is 1. The van der Waals surface area contributed by atoms with Crippen LogP contribution in [0, 0.1) is 0 Å². The van der Waals surface area contributed by atoms with Gasteiger partial charge in [0.15, 0.2) is 14.7 Å². The number of halogens is 1. The van der Waals surface area contributed by atoms with Crippen LogP contribution >= 0.6 is 22.6 Å². The van der Waals surface area contributed by atoms with E-state index in [0.717, 1.165) is 5.75 Å². The fourth-order valence-corrected chi connectivity index (χ4v) is 5.31. The van der Waals surface area contributed by atoms with Crippen LogP contribution in [0.2, 0.25) is 0 Å². The van der Waals surface area contributed by atoms with Crippen molar-refractivity contribution >= 4 is 39.5 Å². The molecule has 180 valence electrons. The minimum atomic E-state index is -0.221. The van der Waals surface area contributed by atoms with Crippen LogP contribution in [0.25, 0.3) is 0 Å². The van der Waals surface area contributed by atoms with Gasteiger partial charge in [-0.25, -0.2) is 0 Å². The molecule has 0 aliphatic rings. The van der Waals surface area contributed by atoms with Gasteiger partial charge in [0.1, 0.15) is 22.9 Å². The van der Waals surface area contributed by atoms with E-state index in [2.05, 4.69) is 60.7 Å². The Morgan fingerprint density at radius 2 is 1.18 bits per heavy atom. The highest BCUT2D eigenvalue weighted by atomic mass is 127. The van der Waals surface area contributed by atoms with E-state index in [-0.39, 0.29) is 27.4 Å². The second-order valence-corrected chi connectivity index (χ2v) is 11.2. The third-order valence-corrected chi connectivity index (χ3v) is 7.42. The quantitative estimate of drug-likeness (QED) is 0.0806. The maximum Gasteiger partial charge on any atom is 0.318 e. The largest absolute Gasteiger partial charge is 0.491 e. The van der Waals surface area contributed by atoms with Crippen LogP contribution < -0.4 is 4.74 Å². The van der Waals surface area contributed by atoms with Crippen molar-refractivity contribution in [3.63, 3.8) is 0 Å². The maximum absolute atomic E-state index is 11.3. The molecule has 0 bridgehead atoms. The lowest BCUT2D eigenvalue weighted by molar-refractivity contribution is -0.143. The van der Waals surface area contributed by atoms with Crippen LogP contribution in [-0.2, 0) is 29.9 Å². The van der Waals surface area contributed by atoms with Crippen molar-refractivity contribution in [1.82, 2.24) is 0 Å². The summed E-state index contributed by atoms with van der Waals surface area (Å²) in [5, 5.41) is 0. The van der Waals surface area contributed by atoms with E-state index in [9.17, 15) is 4.79 Å². The Balaban J connectivity index is 1.39. The first-order valence-corrected chi connectivity index (χ1v) is 13.7. The zero-order valence-corrected chi connectivity index (χ0v) is 22.2. The molecule has 0 amide bonds. The van der Waals surface area contributed by atoms with Crippen molar-refractivity contribution in [1.29, 1.82) is 0 Å². The molecule has 34 heavy (non-hydrogen) atoms.